The molecule has 102 valence electrons. The average Bonchev–Trinajstić information content (AvgIpc) is 2.79. The minimum atomic E-state index is -0.182. The van der Waals surface area contributed by atoms with Gasteiger partial charge in [-0.05, 0) is 18.6 Å². The third-order valence-corrected chi connectivity index (χ3v) is 2.90. The van der Waals surface area contributed by atoms with Crippen molar-refractivity contribution in [3.05, 3.63) is 53.0 Å². The molecule has 0 bridgehead atoms. The minimum absolute atomic E-state index is 0.182. The highest BCUT2D eigenvalue weighted by molar-refractivity contribution is 5.35. The van der Waals surface area contributed by atoms with Crippen LogP contribution in [0.3, 0.4) is 0 Å². The molecule has 1 N–H and O–H groups in total. The summed E-state index contributed by atoms with van der Waals surface area (Å²) < 4.78 is 2.87. The zero-order valence-electron chi connectivity index (χ0n) is 11.0. The zero-order valence-corrected chi connectivity index (χ0v) is 11.0. The SMILES string of the molecule is CCNc1ccc(Cn2nc3cnccn3c2=O)cn1. The molecule has 0 aliphatic rings. The Morgan fingerprint density at radius 2 is 2.20 bits per heavy atom. The van der Waals surface area contributed by atoms with Crippen molar-refractivity contribution in [2.75, 3.05) is 11.9 Å². The van der Waals surface area contributed by atoms with Gasteiger partial charge in [0.2, 0.25) is 0 Å². The summed E-state index contributed by atoms with van der Waals surface area (Å²) in [5.41, 5.74) is 1.28. The minimum Gasteiger partial charge on any atom is -0.370 e. The Hall–Kier alpha value is -2.70. The van der Waals surface area contributed by atoms with Crippen LogP contribution in [-0.2, 0) is 6.54 Å². The van der Waals surface area contributed by atoms with Crippen LogP contribution in [0.4, 0.5) is 5.82 Å². The molecule has 0 fully saturated rings. The molecule has 0 radical (unpaired) electrons. The molecule has 0 aromatic carbocycles. The fraction of sp³-hybridized carbons (Fsp3) is 0.231. The molecule has 7 nitrogen and oxygen atoms in total. The van der Waals surface area contributed by atoms with Crippen molar-refractivity contribution < 1.29 is 0 Å². The molecule has 3 aromatic heterocycles. The van der Waals surface area contributed by atoms with E-state index in [2.05, 4.69) is 20.4 Å². The lowest BCUT2D eigenvalue weighted by Crippen LogP contribution is -2.21. The highest BCUT2D eigenvalue weighted by Gasteiger charge is 2.07. The summed E-state index contributed by atoms with van der Waals surface area (Å²) in [5.74, 6) is 0.822. The van der Waals surface area contributed by atoms with Crippen molar-refractivity contribution in [1.29, 1.82) is 0 Å². The van der Waals surface area contributed by atoms with Crippen LogP contribution in [0.25, 0.3) is 5.65 Å². The summed E-state index contributed by atoms with van der Waals surface area (Å²) in [6.45, 7) is 3.23. The van der Waals surface area contributed by atoms with Gasteiger partial charge in [-0.3, -0.25) is 4.98 Å². The van der Waals surface area contributed by atoms with Crippen molar-refractivity contribution in [2.24, 2.45) is 0 Å². The van der Waals surface area contributed by atoms with Crippen LogP contribution in [0.1, 0.15) is 12.5 Å². The summed E-state index contributed by atoms with van der Waals surface area (Å²) in [7, 11) is 0. The van der Waals surface area contributed by atoms with Gasteiger partial charge in [0, 0.05) is 25.1 Å². The molecule has 0 amide bonds. The first-order valence-corrected chi connectivity index (χ1v) is 6.36. The van der Waals surface area contributed by atoms with Crippen LogP contribution < -0.4 is 11.0 Å². The number of nitrogens with one attached hydrogen (secondary N) is 1. The van der Waals surface area contributed by atoms with E-state index in [9.17, 15) is 4.79 Å². The Morgan fingerprint density at radius 3 is 2.90 bits per heavy atom. The number of hydrogen-bond donors (Lipinski definition) is 1. The average molecular weight is 270 g/mol. The van der Waals surface area contributed by atoms with Crippen LogP contribution in [-0.4, -0.2) is 30.7 Å². The standard InChI is InChI=1S/C13H14N6O/c1-2-15-11-4-3-10(7-16-11)9-19-13(20)18-6-5-14-8-12(18)17-19/h3-8H,2,9H2,1H3,(H,15,16). The van der Waals surface area contributed by atoms with Gasteiger partial charge in [-0.2, -0.15) is 0 Å². The number of hydrogen-bond acceptors (Lipinski definition) is 5. The molecule has 0 unspecified atom stereocenters. The first-order valence-electron chi connectivity index (χ1n) is 6.36. The molecule has 0 aliphatic carbocycles. The number of rotatable bonds is 4. The Morgan fingerprint density at radius 1 is 1.30 bits per heavy atom. The second-order valence-corrected chi connectivity index (χ2v) is 4.33. The van der Waals surface area contributed by atoms with Gasteiger partial charge in [0.25, 0.3) is 0 Å². The summed E-state index contributed by atoms with van der Waals surface area (Å²) in [6.07, 6.45) is 6.47. The monoisotopic (exact) mass is 270 g/mol. The Kier molecular flexibility index (Phi) is 3.16. The van der Waals surface area contributed by atoms with Crippen LogP contribution in [0, 0.1) is 0 Å². The van der Waals surface area contributed by atoms with Crippen LogP contribution in [0.5, 0.6) is 0 Å². The Labute approximate surface area is 114 Å². The third kappa shape index (κ3) is 2.25. The van der Waals surface area contributed by atoms with E-state index in [0.29, 0.717) is 12.2 Å². The maximum absolute atomic E-state index is 12.1. The Bertz CT molecular complexity index is 773. The highest BCUT2D eigenvalue weighted by Crippen LogP contribution is 2.05. The molecular formula is C13H14N6O. The smallest absolute Gasteiger partial charge is 0.350 e. The molecule has 20 heavy (non-hydrogen) atoms. The fourth-order valence-electron chi connectivity index (χ4n) is 1.96. The number of anilines is 1. The molecule has 0 atom stereocenters. The van der Waals surface area contributed by atoms with Gasteiger partial charge in [-0.1, -0.05) is 6.07 Å². The molecule has 3 aromatic rings. The maximum Gasteiger partial charge on any atom is 0.350 e. The quantitative estimate of drug-likeness (QED) is 0.757. The largest absolute Gasteiger partial charge is 0.370 e. The van der Waals surface area contributed by atoms with Gasteiger partial charge in [-0.25, -0.2) is 18.9 Å². The fourth-order valence-corrected chi connectivity index (χ4v) is 1.96. The molecule has 7 heteroatoms. The molecule has 0 aliphatic heterocycles. The van der Waals surface area contributed by atoms with Gasteiger partial charge in [0.1, 0.15) is 5.82 Å². The molecule has 3 rings (SSSR count). The van der Waals surface area contributed by atoms with E-state index in [1.165, 1.54) is 9.08 Å². The maximum atomic E-state index is 12.1. The van der Waals surface area contributed by atoms with Crippen LogP contribution >= 0.6 is 0 Å². The summed E-state index contributed by atoms with van der Waals surface area (Å²) in [5, 5.41) is 7.35. The van der Waals surface area contributed by atoms with Gasteiger partial charge in [0.05, 0.1) is 12.7 Å². The number of nitrogens with zero attached hydrogens (tertiary/aromatic N) is 5. The van der Waals surface area contributed by atoms with Crippen molar-refractivity contribution >= 4 is 11.5 Å². The summed E-state index contributed by atoms with van der Waals surface area (Å²) in [6, 6.07) is 3.82. The molecule has 0 spiro atoms. The molecule has 0 saturated heterocycles. The van der Waals surface area contributed by atoms with E-state index >= 15 is 0 Å². The molecular weight excluding hydrogens is 256 g/mol. The normalized spacial score (nSPS) is 10.8. The lowest BCUT2D eigenvalue weighted by molar-refractivity contribution is 0.657. The topological polar surface area (TPSA) is 77.1 Å². The summed E-state index contributed by atoms with van der Waals surface area (Å²) in [4.78, 5) is 20.3. The van der Waals surface area contributed by atoms with Crippen LogP contribution in [0.15, 0.2) is 41.7 Å². The van der Waals surface area contributed by atoms with E-state index < -0.39 is 0 Å². The van der Waals surface area contributed by atoms with Gasteiger partial charge >= 0.3 is 5.69 Å². The zero-order chi connectivity index (χ0) is 13.9. The second-order valence-electron chi connectivity index (χ2n) is 4.33. The van der Waals surface area contributed by atoms with E-state index in [-0.39, 0.29) is 5.69 Å². The van der Waals surface area contributed by atoms with Crippen molar-refractivity contribution in [3.63, 3.8) is 0 Å². The van der Waals surface area contributed by atoms with Crippen molar-refractivity contribution in [3.8, 4) is 0 Å². The predicted molar refractivity (Wildman–Crippen MR) is 74.7 cm³/mol. The first kappa shape index (κ1) is 12.3. The van der Waals surface area contributed by atoms with Gasteiger partial charge < -0.3 is 5.32 Å². The predicted octanol–water partition coefficient (Wildman–Crippen LogP) is 0.766. The van der Waals surface area contributed by atoms with Gasteiger partial charge in [0.15, 0.2) is 5.65 Å². The van der Waals surface area contributed by atoms with Crippen LogP contribution in [0.2, 0.25) is 0 Å². The van der Waals surface area contributed by atoms with Crippen molar-refractivity contribution in [2.45, 2.75) is 13.5 Å². The van der Waals surface area contributed by atoms with E-state index in [4.69, 9.17) is 0 Å². The second kappa shape index (κ2) is 5.12. The lowest BCUT2D eigenvalue weighted by atomic mass is 10.3. The molecule has 3 heterocycles. The first-order chi connectivity index (χ1) is 9.78. The van der Waals surface area contributed by atoms with E-state index in [0.717, 1.165) is 17.9 Å². The Balaban J connectivity index is 1.89. The summed E-state index contributed by atoms with van der Waals surface area (Å²) >= 11 is 0. The number of fused-ring (bicyclic) bond motifs is 1. The van der Waals surface area contributed by atoms with E-state index in [1.807, 2.05) is 19.1 Å². The third-order valence-electron chi connectivity index (χ3n) is 2.90. The number of pyridine rings is 1. The van der Waals surface area contributed by atoms with Gasteiger partial charge in [-0.15, -0.1) is 5.10 Å². The number of aromatic nitrogens is 5. The van der Waals surface area contributed by atoms with E-state index in [1.54, 1.807) is 24.8 Å². The lowest BCUT2D eigenvalue weighted by Gasteiger charge is -2.03. The molecule has 0 saturated carbocycles. The van der Waals surface area contributed by atoms with Crippen molar-refractivity contribution in [1.82, 2.24) is 24.1 Å². The highest BCUT2D eigenvalue weighted by atomic mass is 16.2.